The first-order valence-corrected chi connectivity index (χ1v) is 6.41. The second kappa shape index (κ2) is 5.69. The van der Waals surface area contributed by atoms with Gasteiger partial charge in [-0.05, 0) is 44.5 Å². The van der Waals surface area contributed by atoms with E-state index in [0.717, 1.165) is 5.56 Å². The highest BCUT2D eigenvalue weighted by molar-refractivity contribution is 5.93. The molecule has 0 aliphatic heterocycles. The molecule has 0 saturated heterocycles. The molecule has 0 fully saturated rings. The molecular formula is C15H17N3O2. The number of hydrogen-bond acceptors (Lipinski definition) is 3. The molecule has 0 radical (unpaired) electrons. The Labute approximate surface area is 117 Å². The van der Waals surface area contributed by atoms with E-state index in [0.29, 0.717) is 11.4 Å². The van der Waals surface area contributed by atoms with Gasteiger partial charge >= 0.3 is 0 Å². The van der Waals surface area contributed by atoms with Crippen LogP contribution in [0.25, 0.3) is 0 Å². The normalized spacial score (nSPS) is 11.9. The molecule has 1 N–H and O–H groups in total. The number of amides is 1. The van der Waals surface area contributed by atoms with Crippen molar-refractivity contribution in [3.63, 3.8) is 0 Å². The Balaban J connectivity index is 2.20. The number of benzene rings is 1. The predicted molar refractivity (Wildman–Crippen MR) is 77.8 cm³/mol. The van der Waals surface area contributed by atoms with Crippen LogP contribution in [0.3, 0.4) is 0 Å². The molecule has 1 aromatic carbocycles. The number of carbonyl (C=O) groups excluding carboxylic acids is 1. The van der Waals surface area contributed by atoms with Crippen LogP contribution in [-0.2, 0) is 4.79 Å². The van der Waals surface area contributed by atoms with Crippen molar-refractivity contribution in [3.8, 4) is 0 Å². The van der Waals surface area contributed by atoms with Crippen LogP contribution in [0.4, 0.5) is 5.69 Å². The molecule has 0 unspecified atom stereocenters. The Bertz CT molecular complexity index is 692. The fourth-order valence-corrected chi connectivity index (χ4v) is 1.88. The van der Waals surface area contributed by atoms with Gasteiger partial charge < -0.3 is 5.32 Å². The Hall–Kier alpha value is -2.43. The minimum Gasteiger partial charge on any atom is -0.324 e. The Kier molecular flexibility index (Phi) is 3.98. The monoisotopic (exact) mass is 271 g/mol. The van der Waals surface area contributed by atoms with Gasteiger partial charge in [0.2, 0.25) is 5.91 Å². The second-order valence-corrected chi connectivity index (χ2v) is 4.79. The molecule has 20 heavy (non-hydrogen) atoms. The molecule has 5 nitrogen and oxygen atoms in total. The summed E-state index contributed by atoms with van der Waals surface area (Å²) in [6.45, 7) is 5.38. The lowest BCUT2D eigenvalue weighted by Gasteiger charge is -2.14. The summed E-state index contributed by atoms with van der Waals surface area (Å²) in [5.74, 6) is -0.268. The zero-order chi connectivity index (χ0) is 14.7. The van der Waals surface area contributed by atoms with Gasteiger partial charge in [0.1, 0.15) is 6.04 Å². The van der Waals surface area contributed by atoms with Gasteiger partial charge in [0.05, 0.1) is 5.69 Å². The van der Waals surface area contributed by atoms with Gasteiger partial charge in [-0.2, -0.15) is 5.10 Å². The largest absolute Gasteiger partial charge is 0.324 e. The summed E-state index contributed by atoms with van der Waals surface area (Å²) in [7, 11) is 0. The van der Waals surface area contributed by atoms with E-state index in [9.17, 15) is 9.59 Å². The van der Waals surface area contributed by atoms with Gasteiger partial charge in [0, 0.05) is 11.8 Å². The Morgan fingerprint density at radius 1 is 1.25 bits per heavy atom. The SMILES string of the molecule is Cc1cccc(NC(=O)[C@@H](C)n2nc(C)ccc2=O)c1. The van der Waals surface area contributed by atoms with Gasteiger partial charge in [0.25, 0.3) is 5.56 Å². The van der Waals surface area contributed by atoms with Crippen LogP contribution in [0.15, 0.2) is 41.2 Å². The van der Waals surface area contributed by atoms with Crippen molar-refractivity contribution in [2.75, 3.05) is 5.32 Å². The van der Waals surface area contributed by atoms with E-state index in [-0.39, 0.29) is 11.5 Å². The summed E-state index contributed by atoms with van der Waals surface area (Å²) in [5.41, 5.74) is 2.17. The molecule has 1 amide bonds. The van der Waals surface area contributed by atoms with E-state index in [2.05, 4.69) is 10.4 Å². The third kappa shape index (κ3) is 3.12. The summed E-state index contributed by atoms with van der Waals surface area (Å²) >= 11 is 0. The van der Waals surface area contributed by atoms with Gasteiger partial charge in [-0.15, -0.1) is 0 Å². The highest BCUT2D eigenvalue weighted by atomic mass is 16.2. The molecule has 2 aromatic rings. The molecule has 1 heterocycles. The molecule has 104 valence electrons. The third-order valence-electron chi connectivity index (χ3n) is 2.99. The first-order chi connectivity index (χ1) is 9.47. The zero-order valence-corrected chi connectivity index (χ0v) is 11.8. The molecule has 2 rings (SSSR count). The highest BCUT2D eigenvalue weighted by Crippen LogP contribution is 2.12. The van der Waals surface area contributed by atoms with Crippen LogP contribution < -0.4 is 10.9 Å². The first kappa shape index (κ1) is 14.0. The van der Waals surface area contributed by atoms with E-state index >= 15 is 0 Å². The van der Waals surface area contributed by atoms with E-state index in [1.54, 1.807) is 19.9 Å². The van der Waals surface area contributed by atoms with Crippen molar-refractivity contribution < 1.29 is 4.79 Å². The number of nitrogens with zero attached hydrogens (tertiary/aromatic N) is 2. The summed E-state index contributed by atoms with van der Waals surface area (Å²) in [6.07, 6.45) is 0. The fourth-order valence-electron chi connectivity index (χ4n) is 1.88. The number of hydrogen-bond donors (Lipinski definition) is 1. The molecule has 1 atom stereocenters. The second-order valence-electron chi connectivity index (χ2n) is 4.79. The number of nitrogens with one attached hydrogen (secondary N) is 1. The average molecular weight is 271 g/mol. The average Bonchev–Trinajstić information content (AvgIpc) is 2.40. The van der Waals surface area contributed by atoms with Crippen molar-refractivity contribution in [3.05, 3.63) is 58.0 Å². The maximum atomic E-state index is 12.2. The Morgan fingerprint density at radius 3 is 2.70 bits per heavy atom. The number of aromatic nitrogens is 2. The summed E-state index contributed by atoms with van der Waals surface area (Å²) in [5, 5.41) is 6.89. The summed E-state index contributed by atoms with van der Waals surface area (Å²) < 4.78 is 1.19. The van der Waals surface area contributed by atoms with Crippen LogP contribution in [0.2, 0.25) is 0 Å². The molecule has 0 aliphatic rings. The van der Waals surface area contributed by atoms with Gasteiger partial charge in [-0.25, -0.2) is 4.68 Å². The van der Waals surface area contributed by atoms with Crippen molar-refractivity contribution in [1.82, 2.24) is 9.78 Å². The molecule has 0 saturated carbocycles. The van der Waals surface area contributed by atoms with Crippen LogP contribution in [0.1, 0.15) is 24.2 Å². The topological polar surface area (TPSA) is 64.0 Å². The number of aryl methyl sites for hydroxylation is 2. The summed E-state index contributed by atoms with van der Waals surface area (Å²) in [4.78, 5) is 23.9. The van der Waals surface area contributed by atoms with E-state index < -0.39 is 6.04 Å². The lowest BCUT2D eigenvalue weighted by Crippen LogP contribution is -2.33. The van der Waals surface area contributed by atoms with Crippen LogP contribution >= 0.6 is 0 Å². The standard InChI is InChI=1S/C15H17N3O2/c1-10-5-4-6-13(9-10)16-15(20)12(3)18-14(19)8-7-11(2)17-18/h4-9,12H,1-3H3,(H,16,20)/t12-/m1/s1. The number of anilines is 1. The lowest BCUT2D eigenvalue weighted by atomic mass is 10.2. The molecule has 5 heteroatoms. The van der Waals surface area contributed by atoms with E-state index in [1.807, 2.05) is 31.2 Å². The van der Waals surface area contributed by atoms with E-state index in [1.165, 1.54) is 10.7 Å². The molecule has 0 aliphatic carbocycles. The highest BCUT2D eigenvalue weighted by Gasteiger charge is 2.17. The molecular weight excluding hydrogens is 254 g/mol. The predicted octanol–water partition coefficient (Wildman–Crippen LogP) is 2.06. The number of carbonyl (C=O) groups is 1. The van der Waals surface area contributed by atoms with Crippen molar-refractivity contribution in [2.24, 2.45) is 0 Å². The maximum absolute atomic E-state index is 12.2. The maximum Gasteiger partial charge on any atom is 0.267 e. The minimum absolute atomic E-state index is 0.268. The van der Waals surface area contributed by atoms with Crippen molar-refractivity contribution >= 4 is 11.6 Å². The first-order valence-electron chi connectivity index (χ1n) is 6.41. The smallest absolute Gasteiger partial charge is 0.267 e. The lowest BCUT2D eigenvalue weighted by molar-refractivity contribution is -0.119. The van der Waals surface area contributed by atoms with Gasteiger partial charge in [0.15, 0.2) is 0 Å². The number of rotatable bonds is 3. The fraction of sp³-hybridized carbons (Fsp3) is 0.267. The molecule has 1 aromatic heterocycles. The minimum atomic E-state index is -0.664. The zero-order valence-electron chi connectivity index (χ0n) is 11.8. The van der Waals surface area contributed by atoms with Crippen molar-refractivity contribution in [1.29, 1.82) is 0 Å². The molecule has 0 spiro atoms. The van der Waals surface area contributed by atoms with Crippen LogP contribution in [0, 0.1) is 13.8 Å². The Morgan fingerprint density at radius 2 is 2.00 bits per heavy atom. The van der Waals surface area contributed by atoms with E-state index in [4.69, 9.17) is 0 Å². The molecule has 0 bridgehead atoms. The van der Waals surface area contributed by atoms with Crippen LogP contribution in [-0.4, -0.2) is 15.7 Å². The summed E-state index contributed by atoms with van der Waals surface area (Å²) in [6, 6.07) is 9.88. The van der Waals surface area contributed by atoms with Gasteiger partial charge in [-0.1, -0.05) is 12.1 Å². The van der Waals surface area contributed by atoms with Crippen molar-refractivity contribution in [2.45, 2.75) is 26.8 Å². The quantitative estimate of drug-likeness (QED) is 0.929. The van der Waals surface area contributed by atoms with Crippen LogP contribution in [0.5, 0.6) is 0 Å². The third-order valence-corrected chi connectivity index (χ3v) is 2.99. The van der Waals surface area contributed by atoms with Gasteiger partial charge in [-0.3, -0.25) is 9.59 Å².